The molecule has 38 heavy (non-hydrogen) atoms. The van der Waals surface area contributed by atoms with Crippen molar-refractivity contribution in [2.45, 2.75) is 135 Å². The van der Waals surface area contributed by atoms with E-state index in [2.05, 4.69) is 13.8 Å². The summed E-state index contributed by atoms with van der Waals surface area (Å²) in [5.41, 5.74) is -0.435. The summed E-state index contributed by atoms with van der Waals surface area (Å²) in [5.74, 6) is -1.44. The Hall–Kier alpha value is -1.72. The van der Waals surface area contributed by atoms with Crippen LogP contribution < -0.4 is 4.74 Å². The fourth-order valence-electron chi connectivity index (χ4n) is 6.38. The maximum absolute atomic E-state index is 14.7. The zero-order valence-electron chi connectivity index (χ0n) is 23.6. The van der Waals surface area contributed by atoms with Crippen molar-refractivity contribution in [3.8, 4) is 5.75 Å². The van der Waals surface area contributed by atoms with Gasteiger partial charge < -0.3 is 9.47 Å². The van der Waals surface area contributed by atoms with Crippen LogP contribution in [0.3, 0.4) is 0 Å². The molecule has 0 aliphatic heterocycles. The van der Waals surface area contributed by atoms with E-state index in [1.165, 1.54) is 63.5 Å². The topological polar surface area (TPSA) is 35.5 Å². The lowest BCUT2D eigenvalue weighted by molar-refractivity contribution is 0.0103. The van der Waals surface area contributed by atoms with Crippen LogP contribution in [0.25, 0.3) is 0 Å². The number of rotatable bonds is 15. The zero-order valence-corrected chi connectivity index (χ0v) is 23.6. The Morgan fingerprint density at radius 3 is 2.13 bits per heavy atom. The number of hydrogen-bond acceptors (Lipinski definition) is 3. The number of unbranched alkanes of at least 4 members (excludes halogenated alkanes) is 5. The minimum absolute atomic E-state index is 0.262. The first-order chi connectivity index (χ1) is 18.4. The van der Waals surface area contributed by atoms with E-state index in [4.69, 9.17) is 9.47 Å². The molecule has 1 unspecified atom stereocenters. The van der Waals surface area contributed by atoms with Crippen LogP contribution in [0, 0.1) is 29.4 Å². The van der Waals surface area contributed by atoms with E-state index in [-0.39, 0.29) is 18.5 Å². The number of halogens is 3. The molecule has 1 aromatic carbocycles. The third-order valence-electron chi connectivity index (χ3n) is 8.82. The summed E-state index contributed by atoms with van der Waals surface area (Å²) in [6, 6.07) is 2.36. The number of ether oxygens (including phenoxy) is 2. The lowest BCUT2D eigenvalue weighted by Crippen LogP contribution is -2.30. The first-order valence-electron chi connectivity index (χ1n) is 15.4. The minimum atomic E-state index is -1.30. The first kappa shape index (κ1) is 30.8. The van der Waals surface area contributed by atoms with Crippen LogP contribution in [0.15, 0.2) is 12.1 Å². The van der Waals surface area contributed by atoms with E-state index < -0.39 is 29.3 Å². The summed E-state index contributed by atoms with van der Waals surface area (Å²) < 4.78 is 54.0. The molecule has 0 bridgehead atoms. The van der Waals surface area contributed by atoms with Gasteiger partial charge in [-0.25, -0.2) is 13.6 Å². The lowest BCUT2D eigenvalue weighted by Gasteiger charge is -2.37. The van der Waals surface area contributed by atoms with Crippen molar-refractivity contribution in [3.05, 3.63) is 29.3 Å². The highest BCUT2D eigenvalue weighted by atomic mass is 19.2. The van der Waals surface area contributed by atoms with E-state index in [0.717, 1.165) is 63.2 Å². The van der Waals surface area contributed by atoms with Gasteiger partial charge >= 0.3 is 5.97 Å². The largest absolute Gasteiger partial charge is 0.487 e. The molecule has 216 valence electrons. The number of hydrogen-bond donors (Lipinski definition) is 0. The summed E-state index contributed by atoms with van der Waals surface area (Å²) in [7, 11) is 0. The predicted octanol–water partition coefficient (Wildman–Crippen LogP) is 9.75. The Morgan fingerprint density at radius 1 is 0.842 bits per heavy atom. The number of alkyl halides is 1. The highest BCUT2D eigenvalue weighted by Gasteiger charge is 2.32. The van der Waals surface area contributed by atoms with Crippen LogP contribution in [-0.2, 0) is 4.74 Å². The Kier molecular flexibility index (Phi) is 13.3. The van der Waals surface area contributed by atoms with Crippen molar-refractivity contribution in [2.24, 2.45) is 17.8 Å². The first-order valence-corrected chi connectivity index (χ1v) is 15.4. The van der Waals surface area contributed by atoms with Crippen molar-refractivity contribution in [1.29, 1.82) is 0 Å². The molecule has 0 saturated heterocycles. The number of esters is 1. The second-order valence-electron chi connectivity index (χ2n) is 11.7. The number of carbonyl (C=O) groups excluding carboxylic acids is 1. The van der Waals surface area contributed by atoms with Crippen LogP contribution >= 0.6 is 0 Å². The summed E-state index contributed by atoms with van der Waals surface area (Å²) in [5, 5.41) is 0. The molecular formula is C32H49F3O3. The minimum Gasteiger partial charge on any atom is -0.487 e. The van der Waals surface area contributed by atoms with Crippen LogP contribution in [0.1, 0.15) is 133 Å². The molecule has 0 heterocycles. The standard InChI is InChI=1S/C32H49F3O3/c1-3-5-7-9-11-26(33)22-37-29-21-20-28(30(34)31(29)35)32(36)38-27-18-16-25(17-19-27)24-14-12-23(13-15-24)10-8-6-4-2/h20-21,23-27H,3-19,22H2,1-2H3. The lowest BCUT2D eigenvalue weighted by atomic mass is 9.70. The van der Waals surface area contributed by atoms with Crippen molar-refractivity contribution in [1.82, 2.24) is 0 Å². The van der Waals surface area contributed by atoms with Crippen molar-refractivity contribution in [3.63, 3.8) is 0 Å². The molecule has 1 aromatic rings. The van der Waals surface area contributed by atoms with E-state index >= 15 is 0 Å². The van der Waals surface area contributed by atoms with Gasteiger partial charge in [-0.2, -0.15) is 4.39 Å². The second-order valence-corrected chi connectivity index (χ2v) is 11.7. The highest BCUT2D eigenvalue weighted by Crippen LogP contribution is 2.41. The number of benzene rings is 1. The molecule has 0 radical (unpaired) electrons. The Bertz CT molecular complexity index is 829. The second kappa shape index (κ2) is 16.4. The van der Waals surface area contributed by atoms with Crippen LogP contribution in [-0.4, -0.2) is 24.9 Å². The smallest absolute Gasteiger partial charge is 0.341 e. The van der Waals surface area contributed by atoms with Gasteiger partial charge in [0.2, 0.25) is 5.82 Å². The molecule has 6 heteroatoms. The van der Waals surface area contributed by atoms with E-state index in [1.54, 1.807) is 0 Å². The van der Waals surface area contributed by atoms with Gasteiger partial charge in [0.1, 0.15) is 18.9 Å². The van der Waals surface area contributed by atoms with Gasteiger partial charge in [-0.1, -0.05) is 78.1 Å². The Balaban J connectivity index is 1.40. The van der Waals surface area contributed by atoms with Gasteiger partial charge in [0.05, 0.1) is 5.56 Å². The van der Waals surface area contributed by atoms with Gasteiger partial charge in [-0.3, -0.25) is 0 Å². The van der Waals surface area contributed by atoms with Crippen LogP contribution in [0.2, 0.25) is 0 Å². The zero-order chi connectivity index (χ0) is 27.3. The average Bonchev–Trinajstić information content (AvgIpc) is 2.93. The van der Waals surface area contributed by atoms with E-state index in [1.807, 2.05) is 0 Å². The van der Waals surface area contributed by atoms with Gasteiger partial charge in [0, 0.05) is 0 Å². The third-order valence-corrected chi connectivity index (χ3v) is 8.82. The maximum Gasteiger partial charge on any atom is 0.341 e. The molecule has 0 N–H and O–H groups in total. The Morgan fingerprint density at radius 2 is 1.47 bits per heavy atom. The normalized spacial score (nSPS) is 24.7. The molecule has 0 spiro atoms. The fraction of sp³-hybridized carbons (Fsp3) is 0.781. The molecule has 2 aliphatic rings. The van der Waals surface area contributed by atoms with E-state index in [9.17, 15) is 18.0 Å². The summed E-state index contributed by atoms with van der Waals surface area (Å²) >= 11 is 0. The van der Waals surface area contributed by atoms with Crippen LogP contribution in [0.5, 0.6) is 5.75 Å². The SMILES string of the molecule is CCCCCCC(F)COc1ccc(C(=O)OC2CCC(C3CCC(CCCCC)CC3)CC2)c(F)c1F. The van der Waals surface area contributed by atoms with Crippen LogP contribution in [0.4, 0.5) is 13.2 Å². The Labute approximate surface area is 228 Å². The molecule has 2 aliphatic carbocycles. The molecule has 0 amide bonds. The molecule has 2 saturated carbocycles. The predicted molar refractivity (Wildman–Crippen MR) is 146 cm³/mol. The highest BCUT2D eigenvalue weighted by molar-refractivity contribution is 5.90. The summed E-state index contributed by atoms with van der Waals surface area (Å²) in [6.45, 7) is 4.00. The quantitative estimate of drug-likeness (QED) is 0.165. The maximum atomic E-state index is 14.7. The van der Waals surface area contributed by atoms with Crippen molar-refractivity contribution >= 4 is 5.97 Å². The van der Waals surface area contributed by atoms with E-state index in [0.29, 0.717) is 12.3 Å². The molecule has 3 rings (SSSR count). The van der Waals surface area contributed by atoms with Gasteiger partial charge in [0.15, 0.2) is 11.6 Å². The number of carbonyl (C=O) groups is 1. The molecule has 3 nitrogen and oxygen atoms in total. The van der Waals surface area contributed by atoms with Gasteiger partial charge in [-0.15, -0.1) is 0 Å². The molecule has 0 aromatic heterocycles. The van der Waals surface area contributed by atoms with Gasteiger partial charge in [-0.05, 0) is 74.8 Å². The summed E-state index contributed by atoms with van der Waals surface area (Å²) in [6.07, 6.45) is 16.9. The average molecular weight is 539 g/mol. The van der Waals surface area contributed by atoms with Crippen molar-refractivity contribution < 1.29 is 27.4 Å². The molecule has 2 fully saturated rings. The fourth-order valence-corrected chi connectivity index (χ4v) is 6.38. The molecule has 1 atom stereocenters. The monoisotopic (exact) mass is 538 g/mol. The summed E-state index contributed by atoms with van der Waals surface area (Å²) in [4.78, 5) is 12.6. The third kappa shape index (κ3) is 9.48. The molecular weight excluding hydrogens is 489 g/mol. The van der Waals surface area contributed by atoms with Crippen molar-refractivity contribution in [2.75, 3.05) is 6.61 Å². The van der Waals surface area contributed by atoms with Gasteiger partial charge in [0.25, 0.3) is 0 Å².